The van der Waals surface area contributed by atoms with Crippen molar-refractivity contribution in [1.29, 1.82) is 0 Å². The third-order valence-electron chi connectivity index (χ3n) is 6.13. The fraction of sp³-hybridized carbons (Fsp3) is 0.667. The minimum atomic E-state index is -0.268. The number of carbonyl (C=O) groups excluding carboxylic acids is 1. The molecule has 4 heteroatoms. The van der Waals surface area contributed by atoms with E-state index in [1.54, 1.807) is 0 Å². The minimum absolute atomic E-state index is 0.0515. The fourth-order valence-corrected chi connectivity index (χ4v) is 4.01. The van der Waals surface area contributed by atoms with Crippen molar-refractivity contribution >= 4 is 5.91 Å². The highest BCUT2D eigenvalue weighted by Gasteiger charge is 2.50. The number of hydrogen-bond donors (Lipinski definition) is 1. The normalized spacial score (nSPS) is 21.4. The summed E-state index contributed by atoms with van der Waals surface area (Å²) in [6.07, 6.45) is 4.09. The van der Waals surface area contributed by atoms with Gasteiger partial charge < -0.3 is 5.32 Å². The molecular weight excluding hydrogens is 312 g/mol. The second-order valence-corrected chi connectivity index (χ2v) is 7.27. The van der Waals surface area contributed by atoms with Crippen molar-refractivity contribution in [2.24, 2.45) is 0 Å². The third kappa shape index (κ3) is 3.90. The molecule has 2 rings (SSSR count). The minimum Gasteiger partial charge on any atom is -0.354 e. The number of rotatable bonds is 7. The molecular formula is C21H34N2O2. The molecule has 140 valence electrons. The van der Waals surface area contributed by atoms with Crippen molar-refractivity contribution in [3.8, 4) is 0 Å². The number of hydrogen-bond acceptors (Lipinski definition) is 3. The lowest BCUT2D eigenvalue weighted by atomic mass is 9.83. The van der Waals surface area contributed by atoms with E-state index >= 15 is 0 Å². The second kappa shape index (κ2) is 8.33. The number of amides is 1. The number of hydroxylamine groups is 2. The van der Waals surface area contributed by atoms with E-state index in [2.05, 4.69) is 57.1 Å². The Labute approximate surface area is 152 Å². The van der Waals surface area contributed by atoms with Crippen LogP contribution in [0.4, 0.5) is 0 Å². The standard InChI is InChI=1S/C21H34N2O2/c1-6-20(7-2)15-19(24)22-16-21(8-3,9-4)23(20)25-17(5)18-13-11-10-12-14-18/h10-14,17H,6-9,15-16H2,1-5H3,(H,22,24). The summed E-state index contributed by atoms with van der Waals surface area (Å²) in [5.41, 5.74) is 0.713. The van der Waals surface area contributed by atoms with Gasteiger partial charge >= 0.3 is 0 Å². The van der Waals surface area contributed by atoms with Crippen LogP contribution in [0, 0.1) is 0 Å². The fourth-order valence-electron chi connectivity index (χ4n) is 4.01. The molecule has 0 aliphatic carbocycles. The third-order valence-corrected chi connectivity index (χ3v) is 6.13. The van der Waals surface area contributed by atoms with Gasteiger partial charge in [-0.05, 0) is 38.2 Å². The SMILES string of the molecule is CCC1(CC)CNC(=O)CC(CC)(CC)N1OC(C)c1ccccc1. The highest BCUT2D eigenvalue weighted by Crippen LogP contribution is 2.41. The number of carbonyl (C=O) groups is 1. The molecule has 0 bridgehead atoms. The summed E-state index contributed by atoms with van der Waals surface area (Å²) in [5, 5.41) is 5.36. The van der Waals surface area contributed by atoms with Gasteiger partial charge in [0, 0.05) is 13.0 Å². The van der Waals surface area contributed by atoms with Crippen LogP contribution >= 0.6 is 0 Å². The molecule has 1 aliphatic heterocycles. The Balaban J connectivity index is 2.44. The van der Waals surface area contributed by atoms with E-state index in [1.807, 2.05) is 18.2 Å². The summed E-state index contributed by atoms with van der Waals surface area (Å²) in [5.74, 6) is 0.133. The predicted octanol–water partition coefficient (Wildman–Crippen LogP) is 4.62. The molecule has 25 heavy (non-hydrogen) atoms. The van der Waals surface area contributed by atoms with Gasteiger partial charge in [-0.15, -0.1) is 0 Å². The molecule has 0 spiro atoms. The van der Waals surface area contributed by atoms with Crippen LogP contribution in [-0.2, 0) is 9.63 Å². The van der Waals surface area contributed by atoms with Crippen LogP contribution in [0.15, 0.2) is 30.3 Å². The Morgan fingerprint density at radius 1 is 1.04 bits per heavy atom. The Hall–Kier alpha value is -1.39. The summed E-state index contributed by atoms with van der Waals surface area (Å²) in [6, 6.07) is 10.3. The largest absolute Gasteiger partial charge is 0.354 e. The van der Waals surface area contributed by atoms with Crippen LogP contribution in [0.25, 0.3) is 0 Å². The zero-order valence-corrected chi connectivity index (χ0v) is 16.5. The van der Waals surface area contributed by atoms with Crippen molar-refractivity contribution in [3.05, 3.63) is 35.9 Å². The molecule has 1 atom stereocenters. The lowest BCUT2D eigenvalue weighted by Crippen LogP contribution is -2.61. The van der Waals surface area contributed by atoms with E-state index in [4.69, 9.17) is 4.84 Å². The zero-order valence-electron chi connectivity index (χ0n) is 16.5. The Morgan fingerprint density at radius 2 is 1.60 bits per heavy atom. The molecule has 0 aromatic heterocycles. The molecule has 1 N–H and O–H groups in total. The molecule has 0 radical (unpaired) electrons. The Kier molecular flexibility index (Phi) is 6.64. The van der Waals surface area contributed by atoms with Crippen molar-refractivity contribution in [2.75, 3.05) is 6.54 Å². The predicted molar refractivity (Wildman–Crippen MR) is 102 cm³/mol. The van der Waals surface area contributed by atoms with Crippen molar-refractivity contribution in [3.63, 3.8) is 0 Å². The maximum absolute atomic E-state index is 12.4. The van der Waals surface area contributed by atoms with Gasteiger partial charge in [0.1, 0.15) is 6.10 Å². The molecule has 1 fully saturated rings. The van der Waals surface area contributed by atoms with Crippen LogP contribution in [-0.4, -0.2) is 28.6 Å². The van der Waals surface area contributed by atoms with Crippen LogP contribution in [0.5, 0.6) is 0 Å². The lowest BCUT2D eigenvalue weighted by molar-refractivity contribution is -0.304. The van der Waals surface area contributed by atoms with Gasteiger partial charge in [-0.1, -0.05) is 58.0 Å². The monoisotopic (exact) mass is 346 g/mol. The first-order chi connectivity index (χ1) is 12.0. The molecule has 1 aliphatic rings. The van der Waals surface area contributed by atoms with Gasteiger partial charge in [0.15, 0.2) is 0 Å². The van der Waals surface area contributed by atoms with Crippen LogP contribution in [0.3, 0.4) is 0 Å². The summed E-state index contributed by atoms with van der Waals surface area (Å²) >= 11 is 0. The van der Waals surface area contributed by atoms with Crippen LogP contribution in [0.2, 0.25) is 0 Å². The van der Waals surface area contributed by atoms with Crippen molar-refractivity contribution in [2.45, 2.75) is 83.9 Å². The number of nitrogens with one attached hydrogen (secondary N) is 1. The van der Waals surface area contributed by atoms with Gasteiger partial charge in [-0.25, -0.2) is 0 Å². The van der Waals surface area contributed by atoms with Gasteiger partial charge in [0.05, 0.1) is 11.1 Å². The van der Waals surface area contributed by atoms with E-state index in [9.17, 15) is 4.79 Å². The summed E-state index contributed by atoms with van der Waals surface area (Å²) in [4.78, 5) is 19.1. The molecule has 1 amide bonds. The zero-order chi connectivity index (χ0) is 18.5. The molecule has 0 saturated carbocycles. The highest BCUT2D eigenvalue weighted by molar-refractivity contribution is 5.77. The second-order valence-electron chi connectivity index (χ2n) is 7.27. The van der Waals surface area contributed by atoms with E-state index < -0.39 is 0 Å². The van der Waals surface area contributed by atoms with Crippen LogP contribution < -0.4 is 5.32 Å². The van der Waals surface area contributed by atoms with E-state index in [0.29, 0.717) is 13.0 Å². The smallest absolute Gasteiger partial charge is 0.222 e. The van der Waals surface area contributed by atoms with Gasteiger partial charge in [0.25, 0.3) is 0 Å². The molecule has 1 heterocycles. The van der Waals surface area contributed by atoms with Gasteiger partial charge in [-0.3, -0.25) is 9.63 Å². The first-order valence-electron chi connectivity index (χ1n) is 9.75. The Bertz CT molecular complexity index is 550. The van der Waals surface area contributed by atoms with Gasteiger partial charge in [-0.2, -0.15) is 5.06 Å². The lowest BCUT2D eigenvalue weighted by Gasteiger charge is -2.51. The first kappa shape index (κ1) is 19.9. The molecule has 1 saturated heterocycles. The first-order valence-corrected chi connectivity index (χ1v) is 9.75. The topological polar surface area (TPSA) is 41.6 Å². The summed E-state index contributed by atoms with van der Waals surface area (Å²) in [7, 11) is 0. The van der Waals surface area contributed by atoms with E-state index in [0.717, 1.165) is 31.2 Å². The molecule has 4 nitrogen and oxygen atoms in total. The summed E-state index contributed by atoms with van der Waals surface area (Å²) in [6.45, 7) is 11.5. The average Bonchev–Trinajstić information content (AvgIpc) is 2.78. The van der Waals surface area contributed by atoms with Gasteiger partial charge in [0.2, 0.25) is 5.91 Å². The summed E-state index contributed by atoms with van der Waals surface area (Å²) < 4.78 is 0. The molecule has 1 aromatic carbocycles. The molecule has 1 unspecified atom stereocenters. The van der Waals surface area contributed by atoms with E-state index in [-0.39, 0.29) is 23.1 Å². The molecule has 1 aromatic rings. The van der Waals surface area contributed by atoms with Crippen molar-refractivity contribution < 1.29 is 9.63 Å². The van der Waals surface area contributed by atoms with Crippen LogP contribution in [0.1, 0.15) is 78.4 Å². The maximum atomic E-state index is 12.4. The van der Waals surface area contributed by atoms with Crippen molar-refractivity contribution in [1.82, 2.24) is 10.4 Å². The number of nitrogens with zero attached hydrogens (tertiary/aromatic N) is 1. The highest BCUT2D eigenvalue weighted by atomic mass is 16.7. The average molecular weight is 347 g/mol. The maximum Gasteiger partial charge on any atom is 0.222 e. The number of benzene rings is 1. The van der Waals surface area contributed by atoms with E-state index in [1.165, 1.54) is 0 Å². The quantitative estimate of drug-likeness (QED) is 0.783. The Morgan fingerprint density at radius 3 is 2.12 bits per heavy atom.